The minimum absolute atomic E-state index is 0.0400. The van der Waals surface area contributed by atoms with E-state index in [4.69, 9.17) is 5.26 Å². The fourth-order valence-corrected chi connectivity index (χ4v) is 1.02. The van der Waals surface area contributed by atoms with Crippen LogP contribution in [0, 0.1) is 17.1 Å². The lowest BCUT2D eigenvalue weighted by Crippen LogP contribution is -2.12. The van der Waals surface area contributed by atoms with Gasteiger partial charge in [-0.1, -0.05) is 15.9 Å². The van der Waals surface area contributed by atoms with Crippen molar-refractivity contribution in [2.45, 2.75) is 0 Å². The third-order valence-corrected chi connectivity index (χ3v) is 2.00. The van der Waals surface area contributed by atoms with Crippen molar-refractivity contribution < 1.29 is 9.18 Å². The van der Waals surface area contributed by atoms with Gasteiger partial charge >= 0.3 is 0 Å². The number of hydrogen-bond acceptors (Lipinski definition) is 2. The number of rotatable bonds is 2. The van der Waals surface area contributed by atoms with Crippen LogP contribution in [0.5, 0.6) is 0 Å². The van der Waals surface area contributed by atoms with Crippen molar-refractivity contribution in [3.63, 3.8) is 0 Å². The van der Waals surface area contributed by atoms with E-state index in [2.05, 4.69) is 21.2 Å². The number of hydrogen-bond donors (Lipinski definition) is 1. The molecular weight excluding hydrogens is 251 g/mol. The van der Waals surface area contributed by atoms with E-state index in [0.29, 0.717) is 5.69 Å². The molecule has 0 fully saturated rings. The van der Waals surface area contributed by atoms with Crippen LogP contribution in [-0.4, -0.2) is 11.2 Å². The normalized spacial score (nSPS) is 9.21. The maximum absolute atomic E-state index is 13.0. The highest BCUT2D eigenvalue weighted by Crippen LogP contribution is 2.13. The molecule has 0 saturated carbocycles. The van der Waals surface area contributed by atoms with Gasteiger partial charge < -0.3 is 5.32 Å². The number of carbonyl (C=O) groups excluding carboxylic acids is 1. The van der Waals surface area contributed by atoms with Gasteiger partial charge in [0.15, 0.2) is 0 Å². The summed E-state index contributed by atoms with van der Waals surface area (Å²) in [5.74, 6) is -0.908. The molecule has 14 heavy (non-hydrogen) atoms. The number of nitrogens with zero attached hydrogens (tertiary/aromatic N) is 1. The SMILES string of the molecule is N#Cc1ccc(NC(=O)CBr)cc1F. The molecule has 1 aromatic carbocycles. The topological polar surface area (TPSA) is 52.9 Å². The Hall–Kier alpha value is -1.41. The van der Waals surface area contributed by atoms with E-state index in [0.717, 1.165) is 6.07 Å². The van der Waals surface area contributed by atoms with Crippen LogP contribution in [0.3, 0.4) is 0 Å². The van der Waals surface area contributed by atoms with E-state index in [-0.39, 0.29) is 16.8 Å². The first-order valence-electron chi connectivity index (χ1n) is 3.73. The van der Waals surface area contributed by atoms with E-state index >= 15 is 0 Å². The molecule has 72 valence electrons. The van der Waals surface area contributed by atoms with E-state index in [1.807, 2.05) is 0 Å². The van der Waals surface area contributed by atoms with Gasteiger partial charge in [0.25, 0.3) is 0 Å². The molecule has 0 aliphatic carbocycles. The third-order valence-electron chi connectivity index (χ3n) is 1.49. The van der Waals surface area contributed by atoms with Crippen molar-refractivity contribution in [2.24, 2.45) is 0 Å². The van der Waals surface area contributed by atoms with Gasteiger partial charge in [0.1, 0.15) is 11.9 Å². The third kappa shape index (κ3) is 2.54. The molecule has 0 saturated heterocycles. The van der Waals surface area contributed by atoms with Gasteiger partial charge in [0, 0.05) is 5.69 Å². The maximum Gasteiger partial charge on any atom is 0.235 e. The zero-order valence-corrected chi connectivity index (χ0v) is 8.64. The number of anilines is 1. The van der Waals surface area contributed by atoms with E-state index in [9.17, 15) is 9.18 Å². The smallest absolute Gasteiger partial charge is 0.235 e. The fourth-order valence-electron chi connectivity index (χ4n) is 0.878. The summed E-state index contributed by atoms with van der Waals surface area (Å²) < 4.78 is 13.0. The molecule has 0 aromatic heterocycles. The zero-order chi connectivity index (χ0) is 10.6. The second kappa shape index (κ2) is 4.72. The van der Waals surface area contributed by atoms with Gasteiger partial charge in [-0.3, -0.25) is 4.79 Å². The molecule has 1 N–H and O–H groups in total. The van der Waals surface area contributed by atoms with Crippen molar-refractivity contribution in [3.05, 3.63) is 29.6 Å². The first-order chi connectivity index (χ1) is 6.67. The average Bonchev–Trinajstić information content (AvgIpc) is 2.18. The van der Waals surface area contributed by atoms with Crippen molar-refractivity contribution in [1.29, 1.82) is 5.26 Å². The number of alkyl halides is 1. The van der Waals surface area contributed by atoms with Crippen LogP contribution in [0.2, 0.25) is 0 Å². The Morgan fingerprint density at radius 3 is 2.86 bits per heavy atom. The summed E-state index contributed by atoms with van der Waals surface area (Å²) in [6, 6.07) is 5.60. The minimum Gasteiger partial charge on any atom is -0.325 e. The summed E-state index contributed by atoms with van der Waals surface area (Å²) in [4.78, 5) is 10.9. The molecule has 1 rings (SSSR count). The Morgan fingerprint density at radius 2 is 2.36 bits per heavy atom. The first kappa shape index (κ1) is 10.7. The van der Waals surface area contributed by atoms with Crippen LogP contribution in [0.1, 0.15) is 5.56 Å². The van der Waals surface area contributed by atoms with Crippen LogP contribution in [-0.2, 0) is 4.79 Å². The molecule has 5 heteroatoms. The lowest BCUT2D eigenvalue weighted by Gasteiger charge is -2.02. The number of halogens is 2. The Bertz CT molecular complexity index is 400. The largest absolute Gasteiger partial charge is 0.325 e. The summed E-state index contributed by atoms with van der Waals surface area (Å²) in [5, 5.41) is 11.0. The number of nitriles is 1. The summed E-state index contributed by atoms with van der Waals surface area (Å²) in [7, 11) is 0. The molecule has 0 aliphatic rings. The number of benzene rings is 1. The molecule has 1 aromatic rings. The van der Waals surface area contributed by atoms with Crippen molar-refractivity contribution in [2.75, 3.05) is 10.6 Å². The predicted octanol–water partition coefficient (Wildman–Crippen LogP) is 2.03. The monoisotopic (exact) mass is 256 g/mol. The van der Waals surface area contributed by atoms with Crippen molar-refractivity contribution in [3.8, 4) is 6.07 Å². The number of amides is 1. The lowest BCUT2D eigenvalue weighted by molar-refractivity contribution is -0.113. The van der Waals surface area contributed by atoms with E-state index in [1.54, 1.807) is 6.07 Å². The van der Waals surface area contributed by atoms with Gasteiger partial charge in [-0.25, -0.2) is 4.39 Å². The second-order valence-corrected chi connectivity index (χ2v) is 3.05. The van der Waals surface area contributed by atoms with Gasteiger partial charge in [0.05, 0.1) is 10.9 Å². The predicted molar refractivity (Wildman–Crippen MR) is 53.5 cm³/mol. The molecule has 0 heterocycles. The molecule has 0 spiro atoms. The fraction of sp³-hybridized carbons (Fsp3) is 0.111. The highest BCUT2D eigenvalue weighted by molar-refractivity contribution is 9.09. The Morgan fingerprint density at radius 1 is 1.64 bits per heavy atom. The number of nitrogens with one attached hydrogen (secondary N) is 1. The van der Waals surface area contributed by atoms with Crippen LogP contribution >= 0.6 is 15.9 Å². The molecule has 0 aliphatic heterocycles. The quantitative estimate of drug-likeness (QED) is 0.824. The summed E-state index contributed by atoms with van der Waals surface area (Å²) in [6.45, 7) is 0. The standard InChI is InChI=1S/C9H6BrFN2O/c10-4-9(14)13-7-2-1-6(5-12)8(11)3-7/h1-3H,4H2,(H,13,14). The molecule has 0 atom stereocenters. The van der Waals surface area contributed by atoms with Crippen molar-refractivity contribution >= 4 is 27.5 Å². The van der Waals surface area contributed by atoms with Gasteiger partial charge in [-0.15, -0.1) is 0 Å². The van der Waals surface area contributed by atoms with Crippen LogP contribution in [0.25, 0.3) is 0 Å². The van der Waals surface area contributed by atoms with E-state index < -0.39 is 5.82 Å². The summed E-state index contributed by atoms with van der Waals surface area (Å²) >= 11 is 2.96. The number of carbonyl (C=O) groups is 1. The maximum atomic E-state index is 13.0. The summed E-state index contributed by atoms with van der Waals surface area (Å²) in [6.07, 6.45) is 0. The van der Waals surface area contributed by atoms with Crippen LogP contribution in [0.4, 0.5) is 10.1 Å². The minimum atomic E-state index is -0.639. The Balaban J connectivity index is 2.88. The summed E-state index contributed by atoms with van der Waals surface area (Å²) in [5.41, 5.74) is 0.299. The first-order valence-corrected chi connectivity index (χ1v) is 4.85. The van der Waals surface area contributed by atoms with Gasteiger partial charge in [-0.05, 0) is 18.2 Å². The van der Waals surface area contributed by atoms with Gasteiger partial charge in [-0.2, -0.15) is 5.26 Å². The highest BCUT2D eigenvalue weighted by Gasteiger charge is 2.04. The molecule has 0 unspecified atom stereocenters. The Labute approximate surface area is 88.7 Å². The average molecular weight is 257 g/mol. The van der Waals surface area contributed by atoms with Crippen LogP contribution < -0.4 is 5.32 Å². The molecular formula is C9H6BrFN2O. The molecule has 1 amide bonds. The molecule has 0 bridgehead atoms. The Kier molecular flexibility index (Phi) is 3.60. The second-order valence-electron chi connectivity index (χ2n) is 2.49. The highest BCUT2D eigenvalue weighted by atomic mass is 79.9. The van der Waals surface area contributed by atoms with Crippen LogP contribution in [0.15, 0.2) is 18.2 Å². The van der Waals surface area contributed by atoms with E-state index in [1.165, 1.54) is 12.1 Å². The molecule has 0 radical (unpaired) electrons. The lowest BCUT2D eigenvalue weighted by atomic mass is 10.2. The van der Waals surface area contributed by atoms with Gasteiger partial charge in [0.2, 0.25) is 5.91 Å². The zero-order valence-electron chi connectivity index (χ0n) is 7.05. The molecule has 3 nitrogen and oxygen atoms in total. The van der Waals surface area contributed by atoms with Crippen molar-refractivity contribution in [1.82, 2.24) is 0 Å².